The summed E-state index contributed by atoms with van der Waals surface area (Å²) < 4.78 is 0. The average molecular weight is 842 g/mol. The highest BCUT2D eigenvalue weighted by atomic mass is 16.4. The van der Waals surface area contributed by atoms with E-state index in [9.17, 15) is 43.8 Å². The van der Waals surface area contributed by atoms with E-state index in [1.165, 1.54) is 24.9 Å². The molecule has 13 N–H and O–H groups in total. The van der Waals surface area contributed by atoms with E-state index in [0.717, 1.165) is 0 Å². The third-order valence-electron chi connectivity index (χ3n) is 10.1. The maximum atomic E-state index is 14.2. The number of carbonyl (C=O) groups is 7. The van der Waals surface area contributed by atoms with Gasteiger partial charge in [-0.25, -0.2) is 9.59 Å². The minimum absolute atomic E-state index is 0.0127. The number of aromatic hydroxyl groups is 1. The van der Waals surface area contributed by atoms with Gasteiger partial charge in [0.1, 0.15) is 42.0 Å². The number of aliphatic imine (C=N–C) groups is 1. The van der Waals surface area contributed by atoms with Crippen molar-refractivity contribution < 1.29 is 43.8 Å². The molecule has 6 unspecified atom stereocenters. The van der Waals surface area contributed by atoms with Crippen molar-refractivity contribution in [1.82, 2.24) is 41.8 Å². The van der Waals surface area contributed by atoms with Crippen LogP contribution in [0, 0.1) is 11.8 Å². The number of carboxylic acid groups (broad SMARTS) is 1. The number of hydrogen-bond acceptors (Lipinski definition) is 9. The largest absolute Gasteiger partial charge is 0.508 e. The Kier molecular flexibility index (Phi) is 18.4. The Balaban J connectivity index is 1.95. The predicted octanol–water partition coefficient (Wildman–Crippen LogP) is 0.284. The number of rotatable bonds is 13. The minimum Gasteiger partial charge on any atom is -0.508 e. The lowest BCUT2D eigenvalue weighted by Gasteiger charge is -2.33. The Hall–Kier alpha value is -6.08. The van der Waals surface area contributed by atoms with Crippen LogP contribution in [0.4, 0.5) is 4.79 Å². The van der Waals surface area contributed by atoms with Crippen molar-refractivity contribution in [2.75, 3.05) is 20.1 Å². The number of hydrogen-bond donors (Lipinski definition) is 11. The molecule has 0 bridgehead atoms. The third kappa shape index (κ3) is 14.9. The van der Waals surface area contributed by atoms with Gasteiger partial charge in [0.2, 0.25) is 29.5 Å². The first-order chi connectivity index (χ1) is 28.3. The zero-order chi connectivity index (χ0) is 44.7. The Morgan fingerprint density at radius 3 is 2.27 bits per heavy atom. The van der Waals surface area contributed by atoms with E-state index in [1.54, 1.807) is 18.3 Å². The van der Waals surface area contributed by atoms with Gasteiger partial charge in [-0.3, -0.25) is 29.0 Å². The molecule has 0 saturated carbocycles. The molecule has 20 nitrogen and oxygen atoms in total. The van der Waals surface area contributed by atoms with Gasteiger partial charge in [-0.2, -0.15) is 0 Å². The number of likely N-dealkylation sites (N-methyl/N-ethyl adjacent to an activating group) is 1. The van der Waals surface area contributed by atoms with Gasteiger partial charge in [-0.15, -0.1) is 0 Å². The number of H-pyrrole nitrogens is 1. The molecule has 3 rings (SSSR count). The fourth-order valence-corrected chi connectivity index (χ4v) is 6.88. The summed E-state index contributed by atoms with van der Waals surface area (Å²) in [6.07, 6.45) is 3.03. The van der Waals surface area contributed by atoms with Crippen molar-refractivity contribution in [1.29, 1.82) is 0 Å². The van der Waals surface area contributed by atoms with E-state index >= 15 is 0 Å². The van der Waals surface area contributed by atoms with Crippen molar-refractivity contribution >= 4 is 58.4 Å². The Morgan fingerprint density at radius 1 is 0.933 bits per heavy atom. The van der Waals surface area contributed by atoms with Gasteiger partial charge in [-0.1, -0.05) is 27.7 Å². The molecule has 1 aromatic heterocycles. The van der Waals surface area contributed by atoms with Crippen LogP contribution in [-0.2, 0) is 35.2 Å². The molecule has 332 valence electrons. The highest BCUT2D eigenvalue weighted by Crippen LogP contribution is 2.24. The van der Waals surface area contributed by atoms with Gasteiger partial charge in [0, 0.05) is 43.7 Å². The maximum absolute atomic E-state index is 14.2. The summed E-state index contributed by atoms with van der Waals surface area (Å²) in [5, 5.41) is 36.5. The van der Waals surface area contributed by atoms with Crippen molar-refractivity contribution in [3.63, 3.8) is 0 Å². The highest BCUT2D eigenvalue weighted by Gasteiger charge is 2.36. The lowest BCUT2D eigenvalue weighted by Crippen LogP contribution is -2.59. The molecule has 1 fully saturated rings. The van der Waals surface area contributed by atoms with Crippen LogP contribution in [0.15, 0.2) is 29.4 Å². The number of nitrogens with one attached hydrogen (secondary N) is 7. The Bertz CT molecular complexity index is 1860. The Morgan fingerprint density at radius 2 is 1.62 bits per heavy atom. The fourth-order valence-electron chi connectivity index (χ4n) is 6.88. The van der Waals surface area contributed by atoms with Crippen LogP contribution < -0.4 is 43.4 Å². The molecule has 0 spiro atoms. The molecule has 1 aliphatic heterocycles. The summed E-state index contributed by atoms with van der Waals surface area (Å²) in [6.45, 7) is 9.19. The second-order valence-corrected chi connectivity index (χ2v) is 16.1. The van der Waals surface area contributed by atoms with E-state index in [-0.39, 0.29) is 81.6 Å². The van der Waals surface area contributed by atoms with Gasteiger partial charge in [0.25, 0.3) is 0 Å². The van der Waals surface area contributed by atoms with Crippen LogP contribution in [0.2, 0.25) is 0 Å². The Labute approximate surface area is 349 Å². The minimum atomic E-state index is -1.33. The van der Waals surface area contributed by atoms with Gasteiger partial charge in [-0.05, 0) is 87.5 Å². The number of benzene rings is 1. The lowest BCUT2D eigenvalue weighted by molar-refractivity contribution is -0.143. The quantitative estimate of drug-likeness (QED) is 0.0740. The van der Waals surface area contributed by atoms with Gasteiger partial charge >= 0.3 is 12.0 Å². The molecule has 1 aliphatic rings. The van der Waals surface area contributed by atoms with Gasteiger partial charge < -0.3 is 63.5 Å². The summed E-state index contributed by atoms with van der Waals surface area (Å²) in [5.74, 6) is -4.64. The molecular formula is C40H63N11O9. The summed E-state index contributed by atoms with van der Waals surface area (Å²) in [6, 6.07) is -3.15. The van der Waals surface area contributed by atoms with Crippen molar-refractivity contribution in [2.24, 2.45) is 28.3 Å². The molecule has 60 heavy (non-hydrogen) atoms. The number of guanidine groups is 1. The molecule has 0 radical (unpaired) electrons. The van der Waals surface area contributed by atoms with E-state index < -0.39 is 77.8 Å². The first-order valence-corrected chi connectivity index (χ1v) is 20.4. The van der Waals surface area contributed by atoms with Crippen LogP contribution in [-0.4, -0.2) is 124 Å². The van der Waals surface area contributed by atoms with Crippen LogP contribution in [0.1, 0.15) is 85.1 Å². The first kappa shape index (κ1) is 48.3. The lowest BCUT2D eigenvalue weighted by atomic mass is 9.97. The number of aliphatic carboxylic acids is 1. The number of fused-ring (bicyclic) bond motifs is 1. The topological polar surface area (TPSA) is 316 Å². The monoisotopic (exact) mass is 841 g/mol. The second kappa shape index (κ2) is 22.9. The molecule has 0 aliphatic carbocycles. The number of nitrogens with zero attached hydrogens (tertiary/aromatic N) is 2. The number of carbonyl (C=O) groups excluding carboxylic acids is 6. The number of aromatic nitrogens is 1. The molecule has 6 atom stereocenters. The zero-order valence-electron chi connectivity index (χ0n) is 35.3. The number of carboxylic acids is 1. The molecule has 7 amide bonds. The van der Waals surface area contributed by atoms with Crippen LogP contribution >= 0.6 is 0 Å². The van der Waals surface area contributed by atoms with Crippen molar-refractivity contribution in [2.45, 2.75) is 122 Å². The number of phenolic OH excluding ortho intramolecular Hbond substituents is 1. The molecule has 1 saturated heterocycles. The fraction of sp³-hybridized carbons (Fsp3) is 0.600. The van der Waals surface area contributed by atoms with Crippen molar-refractivity contribution in [3.8, 4) is 5.75 Å². The van der Waals surface area contributed by atoms with Crippen LogP contribution in [0.25, 0.3) is 10.9 Å². The van der Waals surface area contributed by atoms with Gasteiger partial charge in [0.05, 0.1) is 0 Å². The first-order valence-electron chi connectivity index (χ1n) is 20.4. The standard InChI is InChI=1S/C40H63N11O9/c1-21(2)16-31-37(57)51(6)32(17-22(3)4)36(56)47-30(18-24-20-45-27-13-12-25(52)19-26(24)27)34(54)43-14-8-7-10-28(35(55)46-23(5)33(53)48-31)49-40(60)50-29(38(58)59)11-9-15-44-39(41)42/h12-13,19-23,28-32,45,52H,7-11,14-18H2,1-6H3,(H,43,54)(H,46,55)(H,47,56)(H,48,53)(H,58,59)(H4,41,42,44)(H2,49,50,60). The van der Waals surface area contributed by atoms with E-state index in [1.807, 2.05) is 27.7 Å². The van der Waals surface area contributed by atoms with Crippen molar-refractivity contribution in [3.05, 3.63) is 30.0 Å². The number of amides is 7. The number of aromatic amines is 1. The summed E-state index contributed by atoms with van der Waals surface area (Å²) in [4.78, 5) is 103. The molecule has 20 heteroatoms. The van der Waals surface area contributed by atoms with E-state index in [0.29, 0.717) is 22.9 Å². The molecule has 1 aromatic carbocycles. The molecule has 2 heterocycles. The highest BCUT2D eigenvalue weighted by molar-refractivity contribution is 5.97. The summed E-state index contributed by atoms with van der Waals surface area (Å²) in [7, 11) is 1.47. The summed E-state index contributed by atoms with van der Waals surface area (Å²) >= 11 is 0. The second-order valence-electron chi connectivity index (χ2n) is 16.1. The average Bonchev–Trinajstić information content (AvgIpc) is 3.56. The zero-order valence-corrected chi connectivity index (χ0v) is 35.3. The normalized spacial score (nSPS) is 22.1. The molecular weight excluding hydrogens is 779 g/mol. The van der Waals surface area contributed by atoms with Crippen LogP contribution in [0.3, 0.4) is 0 Å². The maximum Gasteiger partial charge on any atom is 0.326 e. The van der Waals surface area contributed by atoms with E-state index in [4.69, 9.17) is 11.5 Å². The SMILES string of the molecule is CC(C)CC1NC(=O)C(C)NC(=O)C(NC(=O)NC(CCCN=C(N)N)C(=O)O)CCCCNC(=O)C(Cc2c[nH]c3ccc(O)cc23)NC(=O)C(CC(C)C)N(C)C1=O. The smallest absolute Gasteiger partial charge is 0.326 e. The number of urea groups is 1. The number of nitrogens with two attached hydrogens (primary N) is 2. The molecule has 2 aromatic rings. The summed E-state index contributed by atoms with van der Waals surface area (Å²) in [5.41, 5.74) is 12.0. The third-order valence-corrected chi connectivity index (χ3v) is 10.1. The predicted molar refractivity (Wildman–Crippen MR) is 224 cm³/mol. The van der Waals surface area contributed by atoms with Crippen LogP contribution in [0.5, 0.6) is 5.75 Å². The van der Waals surface area contributed by atoms with E-state index in [2.05, 4.69) is 41.9 Å². The van der Waals surface area contributed by atoms with Gasteiger partial charge in [0.15, 0.2) is 5.96 Å². The number of phenols is 1.